The van der Waals surface area contributed by atoms with Crippen molar-refractivity contribution >= 4 is 48.0 Å². The van der Waals surface area contributed by atoms with Crippen molar-refractivity contribution in [2.75, 3.05) is 73.6 Å². The molecular formula is C35H58O6S3. The van der Waals surface area contributed by atoms with E-state index >= 15 is 0 Å². The average molecular weight is 671 g/mol. The summed E-state index contributed by atoms with van der Waals surface area (Å²) in [5.41, 5.74) is 1.26. The van der Waals surface area contributed by atoms with Gasteiger partial charge in [-0.2, -0.15) is 0 Å². The monoisotopic (exact) mass is 670 g/mol. The largest absolute Gasteiger partial charge is 0.462 e. The van der Waals surface area contributed by atoms with E-state index in [2.05, 4.69) is 76.8 Å². The van der Waals surface area contributed by atoms with Crippen LogP contribution in [0.1, 0.15) is 53.9 Å². The molecule has 1 rings (SSSR count). The van der Waals surface area contributed by atoms with Gasteiger partial charge in [0.05, 0.1) is 19.8 Å². The van der Waals surface area contributed by atoms with Gasteiger partial charge in [-0.05, 0) is 127 Å². The topological polar surface area (TPSA) is 78.9 Å². The molecule has 1 aromatic rings. The number of benzene rings is 1. The highest BCUT2D eigenvalue weighted by Crippen LogP contribution is 2.61. The molecule has 0 radical (unpaired) electrons. The summed E-state index contributed by atoms with van der Waals surface area (Å²) in [5.74, 6) is 3.95. The molecule has 0 aliphatic heterocycles. The summed E-state index contributed by atoms with van der Waals surface area (Å²) in [6.07, 6.45) is 11.9. The van der Waals surface area contributed by atoms with Crippen molar-refractivity contribution in [1.82, 2.24) is 0 Å². The standard InChI is InChI=1S/C35H58O6S3/c1-13-43(11,22-16-19-40-34(37)28(5)6)31-24-30(42(9,10)21-15-18-39-33(36)27(3)4)25-32(26-31)44(12,14-2)23-17-20-41-35(38)29(7)8/h24-26H,3,5,7,13-23H2,1-2,4,6,8-12H3. The van der Waals surface area contributed by atoms with E-state index in [1.54, 1.807) is 20.8 Å². The van der Waals surface area contributed by atoms with Gasteiger partial charge in [0, 0.05) is 16.7 Å². The molecule has 44 heavy (non-hydrogen) atoms. The summed E-state index contributed by atoms with van der Waals surface area (Å²) in [6, 6.07) is 7.31. The lowest BCUT2D eigenvalue weighted by molar-refractivity contribution is -0.139. The van der Waals surface area contributed by atoms with Crippen molar-refractivity contribution in [3.63, 3.8) is 0 Å². The van der Waals surface area contributed by atoms with Gasteiger partial charge < -0.3 is 14.2 Å². The van der Waals surface area contributed by atoms with E-state index in [-0.39, 0.29) is 17.9 Å². The predicted molar refractivity (Wildman–Crippen MR) is 195 cm³/mol. The van der Waals surface area contributed by atoms with Crippen molar-refractivity contribution in [1.29, 1.82) is 0 Å². The van der Waals surface area contributed by atoms with Crippen LogP contribution >= 0.6 is 30.1 Å². The lowest BCUT2D eigenvalue weighted by Gasteiger charge is -2.42. The number of hydrogen-bond acceptors (Lipinski definition) is 6. The number of ether oxygens (including phenoxy) is 3. The zero-order valence-corrected chi connectivity index (χ0v) is 31.3. The van der Waals surface area contributed by atoms with Gasteiger partial charge in [0.1, 0.15) is 0 Å². The third-order valence-electron chi connectivity index (χ3n) is 7.93. The second-order valence-electron chi connectivity index (χ2n) is 12.2. The Hall–Kier alpha value is -2.10. The van der Waals surface area contributed by atoms with Gasteiger partial charge in [-0.25, -0.2) is 44.5 Å². The Kier molecular flexibility index (Phi) is 16.5. The van der Waals surface area contributed by atoms with Crippen molar-refractivity contribution in [3.8, 4) is 0 Å². The zero-order chi connectivity index (χ0) is 33.7. The maximum Gasteiger partial charge on any atom is 0.333 e. The van der Waals surface area contributed by atoms with Crippen LogP contribution in [0.15, 0.2) is 69.3 Å². The Bertz CT molecular complexity index is 1140. The van der Waals surface area contributed by atoms with Crippen LogP contribution in [0.4, 0.5) is 0 Å². The quantitative estimate of drug-likeness (QED) is 0.0602. The van der Waals surface area contributed by atoms with E-state index < -0.39 is 30.1 Å². The first-order valence-electron chi connectivity index (χ1n) is 15.2. The Morgan fingerprint density at radius 1 is 0.568 bits per heavy atom. The van der Waals surface area contributed by atoms with E-state index in [1.165, 1.54) is 14.7 Å². The first-order valence-corrected chi connectivity index (χ1v) is 22.6. The van der Waals surface area contributed by atoms with E-state index in [0.717, 1.165) is 48.0 Å². The normalized spacial score (nSPS) is 15.9. The lowest BCUT2D eigenvalue weighted by atomic mass is 10.3. The Morgan fingerprint density at radius 2 is 0.864 bits per heavy atom. The third-order valence-corrected chi connectivity index (χ3v) is 18.4. The molecule has 0 fully saturated rings. The van der Waals surface area contributed by atoms with Crippen LogP contribution in [0.25, 0.3) is 0 Å². The van der Waals surface area contributed by atoms with Crippen molar-refractivity contribution < 1.29 is 28.6 Å². The molecule has 0 aliphatic rings. The van der Waals surface area contributed by atoms with Gasteiger partial charge in [-0.15, -0.1) is 0 Å². The summed E-state index contributed by atoms with van der Waals surface area (Å²) in [7, 11) is -3.57. The van der Waals surface area contributed by atoms with Crippen molar-refractivity contribution in [2.45, 2.75) is 68.6 Å². The smallest absolute Gasteiger partial charge is 0.333 e. The number of carbonyl (C=O) groups is 3. The number of carbonyl (C=O) groups excluding carboxylic acids is 3. The number of rotatable bonds is 20. The molecule has 2 unspecified atom stereocenters. The van der Waals surface area contributed by atoms with Crippen LogP contribution in [0, 0.1) is 0 Å². The van der Waals surface area contributed by atoms with Gasteiger partial charge in [0.2, 0.25) is 0 Å². The third kappa shape index (κ3) is 12.4. The van der Waals surface area contributed by atoms with Crippen LogP contribution in [-0.4, -0.2) is 91.5 Å². The van der Waals surface area contributed by atoms with Gasteiger partial charge in [0.15, 0.2) is 0 Å². The van der Waals surface area contributed by atoms with Crippen molar-refractivity contribution in [2.24, 2.45) is 0 Å². The SMILES string of the molecule is C=C(C)C(=O)OCCCS(C)(C)c1cc(S(C)(CC)CCCOC(=O)C(=C)C)cc(S(C)(CC)CCCOC(=O)C(=C)C)c1. The second kappa shape index (κ2) is 18.1. The summed E-state index contributed by atoms with van der Waals surface area (Å²) < 4.78 is 16.3. The van der Waals surface area contributed by atoms with Crippen LogP contribution < -0.4 is 0 Å². The Balaban J connectivity index is 3.40. The maximum atomic E-state index is 11.9. The summed E-state index contributed by atoms with van der Waals surface area (Å²) in [5, 5.41) is 0. The summed E-state index contributed by atoms with van der Waals surface area (Å²) in [6.45, 7) is 21.7. The fourth-order valence-electron chi connectivity index (χ4n) is 4.45. The molecule has 1 aromatic carbocycles. The molecule has 0 amide bonds. The molecule has 9 heteroatoms. The number of esters is 3. The average Bonchev–Trinajstić information content (AvgIpc) is 2.98. The zero-order valence-electron chi connectivity index (χ0n) is 28.8. The highest BCUT2D eigenvalue weighted by atomic mass is 32.3. The van der Waals surface area contributed by atoms with Crippen LogP contribution in [0.5, 0.6) is 0 Å². The van der Waals surface area contributed by atoms with Crippen molar-refractivity contribution in [3.05, 3.63) is 54.7 Å². The predicted octanol–water partition coefficient (Wildman–Crippen LogP) is 8.26. The minimum absolute atomic E-state index is 0.335. The highest BCUT2D eigenvalue weighted by molar-refractivity contribution is 8.34. The lowest BCUT2D eigenvalue weighted by Crippen LogP contribution is -2.15. The molecule has 0 heterocycles. The number of hydrogen-bond donors (Lipinski definition) is 0. The first kappa shape index (κ1) is 39.9. The minimum Gasteiger partial charge on any atom is -0.462 e. The van der Waals surface area contributed by atoms with E-state index in [1.807, 2.05) is 0 Å². The Labute approximate surface area is 272 Å². The van der Waals surface area contributed by atoms with Gasteiger partial charge in [-0.3, -0.25) is 0 Å². The highest BCUT2D eigenvalue weighted by Gasteiger charge is 2.27. The van der Waals surface area contributed by atoms with Gasteiger partial charge >= 0.3 is 17.9 Å². The summed E-state index contributed by atoms with van der Waals surface area (Å²) >= 11 is 0. The molecule has 0 spiro atoms. The minimum atomic E-state index is -1.20. The molecule has 0 aromatic heterocycles. The fraction of sp³-hybridized carbons (Fsp3) is 0.571. The molecular weight excluding hydrogens is 613 g/mol. The van der Waals surface area contributed by atoms with Gasteiger partial charge in [0.25, 0.3) is 0 Å². The van der Waals surface area contributed by atoms with E-state index in [9.17, 15) is 14.4 Å². The maximum absolute atomic E-state index is 11.9. The molecule has 0 N–H and O–H groups in total. The molecule has 0 aliphatic carbocycles. The molecule has 0 saturated heterocycles. The molecule has 0 bridgehead atoms. The van der Waals surface area contributed by atoms with Crippen LogP contribution in [0.2, 0.25) is 0 Å². The molecule has 0 saturated carbocycles. The van der Waals surface area contributed by atoms with Gasteiger partial charge in [-0.1, -0.05) is 33.6 Å². The van der Waals surface area contributed by atoms with Crippen LogP contribution in [-0.2, 0) is 28.6 Å². The Morgan fingerprint density at radius 3 is 1.16 bits per heavy atom. The van der Waals surface area contributed by atoms with Crippen LogP contribution in [0.3, 0.4) is 0 Å². The fourth-order valence-corrected chi connectivity index (χ4v) is 11.5. The molecule has 6 nitrogen and oxygen atoms in total. The first-order chi connectivity index (χ1) is 20.4. The van der Waals surface area contributed by atoms with E-state index in [0.29, 0.717) is 36.5 Å². The second-order valence-corrected chi connectivity index (χ2v) is 24.2. The molecule has 252 valence electrons. The summed E-state index contributed by atoms with van der Waals surface area (Å²) in [4.78, 5) is 39.9. The van der Waals surface area contributed by atoms with E-state index in [4.69, 9.17) is 14.2 Å². The molecule has 2 atom stereocenters.